The first kappa shape index (κ1) is 14.1. The molecule has 2 aromatic rings. The zero-order valence-electron chi connectivity index (χ0n) is 11.0. The Hall–Kier alpha value is -1.30. The maximum absolute atomic E-state index is 12.7. The third-order valence-electron chi connectivity index (χ3n) is 3.15. The highest BCUT2D eigenvalue weighted by Gasteiger charge is 2.35. The van der Waals surface area contributed by atoms with Gasteiger partial charge in [-0.15, -0.1) is 11.3 Å². The van der Waals surface area contributed by atoms with Crippen LogP contribution in [-0.2, 0) is 13.2 Å². The maximum atomic E-state index is 12.7. The second-order valence-electron chi connectivity index (χ2n) is 4.55. The van der Waals surface area contributed by atoms with Crippen LogP contribution in [0.1, 0.15) is 36.8 Å². The molecule has 19 heavy (non-hydrogen) atoms. The minimum atomic E-state index is -4.36. The maximum Gasteiger partial charge on any atom is 0.433 e. The van der Waals surface area contributed by atoms with Crippen LogP contribution in [0.4, 0.5) is 13.2 Å². The summed E-state index contributed by atoms with van der Waals surface area (Å²) in [6.45, 7) is 4.20. The molecule has 0 aliphatic heterocycles. The summed E-state index contributed by atoms with van der Waals surface area (Å²) in [6, 6.07) is 4.91. The van der Waals surface area contributed by atoms with Crippen LogP contribution in [0.3, 0.4) is 0 Å². The lowest BCUT2D eigenvalue weighted by molar-refractivity contribution is -0.143. The minimum Gasteiger partial charge on any atom is -0.263 e. The first-order valence-corrected chi connectivity index (χ1v) is 6.86. The van der Waals surface area contributed by atoms with Crippen molar-refractivity contribution in [2.45, 2.75) is 32.4 Å². The largest absolute Gasteiger partial charge is 0.433 e. The van der Waals surface area contributed by atoms with E-state index in [1.54, 1.807) is 0 Å². The van der Waals surface area contributed by atoms with Crippen molar-refractivity contribution in [1.82, 2.24) is 9.78 Å². The first-order valence-electron chi connectivity index (χ1n) is 6.04. The number of thiophene rings is 1. The molecule has 2 heterocycles. The van der Waals surface area contributed by atoms with Crippen LogP contribution >= 0.6 is 11.3 Å². The Kier molecular flexibility index (Phi) is 3.71. The van der Waals surface area contributed by atoms with Crippen molar-refractivity contribution in [2.75, 3.05) is 0 Å². The fraction of sp³-hybridized carbons (Fsp3) is 0.462. The predicted octanol–water partition coefficient (Wildman–Crippen LogP) is 4.68. The van der Waals surface area contributed by atoms with E-state index in [2.05, 4.69) is 18.9 Å². The van der Waals surface area contributed by atoms with E-state index in [1.165, 1.54) is 23.3 Å². The van der Waals surface area contributed by atoms with Crippen molar-refractivity contribution >= 4 is 11.3 Å². The molecule has 2 rings (SSSR count). The molecule has 0 aliphatic rings. The molecule has 0 bridgehead atoms. The van der Waals surface area contributed by atoms with Crippen LogP contribution in [0.25, 0.3) is 10.6 Å². The van der Waals surface area contributed by atoms with Crippen LogP contribution in [-0.4, -0.2) is 9.78 Å². The number of aromatic nitrogens is 2. The van der Waals surface area contributed by atoms with E-state index in [-0.39, 0.29) is 0 Å². The molecule has 0 saturated carbocycles. The minimum absolute atomic E-state index is 0.384. The van der Waals surface area contributed by atoms with Gasteiger partial charge in [0.25, 0.3) is 0 Å². The van der Waals surface area contributed by atoms with E-state index in [1.807, 2.05) is 12.1 Å². The van der Waals surface area contributed by atoms with Crippen molar-refractivity contribution < 1.29 is 13.2 Å². The molecule has 1 atom stereocenters. The van der Waals surface area contributed by atoms with E-state index >= 15 is 0 Å². The Morgan fingerprint density at radius 2 is 2.05 bits per heavy atom. The summed E-state index contributed by atoms with van der Waals surface area (Å²) in [6.07, 6.45) is -3.35. The lowest BCUT2D eigenvalue weighted by Gasteiger charge is -2.04. The van der Waals surface area contributed by atoms with Crippen molar-refractivity contribution in [3.05, 3.63) is 28.8 Å². The van der Waals surface area contributed by atoms with E-state index < -0.39 is 11.9 Å². The van der Waals surface area contributed by atoms with Gasteiger partial charge in [0.2, 0.25) is 0 Å². The monoisotopic (exact) mass is 288 g/mol. The van der Waals surface area contributed by atoms with E-state index in [4.69, 9.17) is 0 Å². The quantitative estimate of drug-likeness (QED) is 0.801. The Morgan fingerprint density at radius 3 is 2.58 bits per heavy atom. The van der Waals surface area contributed by atoms with Crippen LogP contribution < -0.4 is 0 Å². The molecule has 0 amide bonds. The molecule has 0 aliphatic carbocycles. The third kappa shape index (κ3) is 2.83. The van der Waals surface area contributed by atoms with Crippen LogP contribution in [0.5, 0.6) is 0 Å². The average Bonchev–Trinajstić information content (AvgIpc) is 2.92. The van der Waals surface area contributed by atoms with E-state index in [9.17, 15) is 13.2 Å². The highest BCUT2D eigenvalue weighted by Crippen LogP contribution is 2.36. The molecule has 0 N–H and O–H groups in total. The molecule has 2 aromatic heterocycles. The van der Waals surface area contributed by atoms with Crippen LogP contribution in [0, 0.1) is 0 Å². The molecule has 0 radical (unpaired) electrons. The smallest absolute Gasteiger partial charge is 0.263 e. The van der Waals surface area contributed by atoms with Gasteiger partial charge in [-0.1, -0.05) is 13.8 Å². The summed E-state index contributed by atoms with van der Waals surface area (Å²) in [5, 5.41) is 3.95. The van der Waals surface area contributed by atoms with Crippen molar-refractivity contribution in [3.8, 4) is 10.6 Å². The van der Waals surface area contributed by atoms with Gasteiger partial charge in [0, 0.05) is 11.9 Å². The summed E-state index contributed by atoms with van der Waals surface area (Å²) in [4.78, 5) is 1.96. The topological polar surface area (TPSA) is 17.8 Å². The summed E-state index contributed by atoms with van der Waals surface area (Å²) in [5.41, 5.74) is -0.338. The van der Waals surface area contributed by atoms with Gasteiger partial charge in [0.1, 0.15) is 11.4 Å². The van der Waals surface area contributed by atoms with Gasteiger partial charge in [0.15, 0.2) is 0 Å². The molecule has 0 saturated heterocycles. The van der Waals surface area contributed by atoms with Gasteiger partial charge in [-0.25, -0.2) is 0 Å². The van der Waals surface area contributed by atoms with Crippen molar-refractivity contribution in [2.24, 2.45) is 7.05 Å². The number of hydrogen-bond donors (Lipinski definition) is 0. The van der Waals surface area contributed by atoms with Crippen molar-refractivity contribution in [1.29, 1.82) is 0 Å². The molecule has 0 spiro atoms. The normalized spacial score (nSPS) is 13.8. The molecule has 2 nitrogen and oxygen atoms in total. The Balaban J connectivity index is 2.35. The Morgan fingerprint density at radius 1 is 1.37 bits per heavy atom. The predicted molar refractivity (Wildman–Crippen MR) is 70.2 cm³/mol. The highest BCUT2D eigenvalue weighted by atomic mass is 32.1. The number of aryl methyl sites for hydroxylation is 1. The number of nitrogens with zero attached hydrogens (tertiary/aromatic N) is 2. The summed E-state index contributed by atoms with van der Waals surface area (Å²) in [7, 11) is 1.31. The number of hydrogen-bond acceptors (Lipinski definition) is 2. The molecule has 1 unspecified atom stereocenters. The third-order valence-corrected chi connectivity index (χ3v) is 4.49. The highest BCUT2D eigenvalue weighted by molar-refractivity contribution is 7.15. The molecular weight excluding hydrogens is 273 g/mol. The van der Waals surface area contributed by atoms with Crippen LogP contribution in [0.2, 0.25) is 0 Å². The van der Waals surface area contributed by atoms with Gasteiger partial charge >= 0.3 is 6.18 Å². The van der Waals surface area contributed by atoms with Gasteiger partial charge in [-0.05, 0) is 30.5 Å². The summed E-state index contributed by atoms with van der Waals surface area (Å²) >= 11 is 1.51. The second kappa shape index (κ2) is 5.00. The SMILES string of the molecule is CCC(C)c1ccc(-c2cc(C(F)(F)F)n(C)n2)s1. The Bertz CT molecular complexity index is 569. The van der Waals surface area contributed by atoms with E-state index in [0.717, 1.165) is 22.0 Å². The number of halogens is 3. The zero-order valence-corrected chi connectivity index (χ0v) is 11.8. The molecule has 6 heteroatoms. The lowest BCUT2D eigenvalue weighted by Crippen LogP contribution is -2.11. The first-order chi connectivity index (χ1) is 8.82. The molecular formula is C13H15F3N2S. The van der Waals surface area contributed by atoms with Gasteiger partial charge in [0.05, 0.1) is 4.88 Å². The fourth-order valence-electron chi connectivity index (χ4n) is 1.81. The van der Waals surface area contributed by atoms with Gasteiger partial charge < -0.3 is 0 Å². The summed E-state index contributed by atoms with van der Waals surface area (Å²) < 4.78 is 39.0. The number of alkyl halides is 3. The molecule has 0 aromatic carbocycles. The second-order valence-corrected chi connectivity index (χ2v) is 5.66. The standard InChI is InChI=1S/C13H15F3N2S/c1-4-8(2)10-5-6-11(19-10)9-7-12(13(14,15)16)18(3)17-9/h5-8H,4H2,1-3H3. The van der Waals surface area contributed by atoms with Gasteiger partial charge in [-0.3, -0.25) is 4.68 Å². The zero-order chi connectivity index (χ0) is 14.2. The van der Waals surface area contributed by atoms with Crippen LogP contribution in [0.15, 0.2) is 18.2 Å². The lowest BCUT2D eigenvalue weighted by atomic mass is 10.1. The Labute approximate surface area is 113 Å². The number of rotatable bonds is 3. The fourth-order valence-corrected chi connectivity index (χ4v) is 2.91. The molecule has 104 valence electrons. The summed E-state index contributed by atoms with van der Waals surface area (Å²) in [5.74, 6) is 0.421. The van der Waals surface area contributed by atoms with Crippen molar-refractivity contribution in [3.63, 3.8) is 0 Å². The average molecular weight is 288 g/mol. The molecule has 0 fully saturated rings. The van der Waals surface area contributed by atoms with E-state index in [0.29, 0.717) is 11.6 Å². The van der Waals surface area contributed by atoms with Gasteiger partial charge in [-0.2, -0.15) is 18.3 Å².